The van der Waals surface area contributed by atoms with Crippen molar-refractivity contribution in [3.05, 3.63) is 11.6 Å². The van der Waals surface area contributed by atoms with E-state index in [-0.39, 0.29) is 30.6 Å². The van der Waals surface area contributed by atoms with E-state index in [2.05, 4.69) is 18.6 Å². The van der Waals surface area contributed by atoms with E-state index in [1.54, 1.807) is 5.32 Å². The highest BCUT2D eigenvalue weighted by Crippen LogP contribution is 2.67. The quantitative estimate of drug-likeness (QED) is 0.206. The third-order valence-corrected chi connectivity index (χ3v) is 9.96. The molecule has 0 aromatic heterocycles. The number of hydrogen-bond acceptors (Lipinski definition) is 3. The number of allylic oxidation sites excluding steroid dienone is 1. The van der Waals surface area contributed by atoms with Crippen LogP contribution in [0.5, 0.6) is 0 Å². The first-order valence-electron chi connectivity index (χ1n) is 12.4. The Morgan fingerprint density at radius 1 is 1.00 bits per heavy atom. The van der Waals surface area contributed by atoms with Crippen molar-refractivity contribution in [1.29, 1.82) is 0 Å². The zero-order valence-corrected chi connectivity index (χ0v) is 20.2. The highest BCUT2D eigenvalue weighted by Gasteiger charge is 2.61. The van der Waals surface area contributed by atoms with Gasteiger partial charge in [-0.15, -0.1) is 0 Å². The summed E-state index contributed by atoms with van der Waals surface area (Å²) in [4.78, 5) is 23.4. The largest absolute Gasteiger partial charge is 0.491 e. The number of carbonyl (C=O) groups excluding carboxylic acids is 2. The van der Waals surface area contributed by atoms with E-state index in [0.717, 1.165) is 25.7 Å². The fourth-order valence-corrected chi connectivity index (χ4v) is 8.15. The number of esters is 1. The molecule has 3 saturated carbocycles. The number of amides is 1. The van der Waals surface area contributed by atoms with E-state index in [0.29, 0.717) is 29.7 Å². The molecule has 0 aromatic rings. The third kappa shape index (κ3) is 4.37. The van der Waals surface area contributed by atoms with Gasteiger partial charge in [-0.2, -0.15) is 26.3 Å². The van der Waals surface area contributed by atoms with Crippen molar-refractivity contribution in [2.45, 2.75) is 96.6 Å². The van der Waals surface area contributed by atoms with Gasteiger partial charge in [-0.1, -0.05) is 38.8 Å². The Kier molecular flexibility index (Phi) is 6.32. The summed E-state index contributed by atoms with van der Waals surface area (Å²) in [5, 5.41) is 1.61. The van der Waals surface area contributed by atoms with Crippen molar-refractivity contribution < 1.29 is 40.7 Å². The summed E-state index contributed by atoms with van der Waals surface area (Å²) in [6.45, 7) is 6.64. The van der Waals surface area contributed by atoms with Crippen molar-refractivity contribution in [2.24, 2.45) is 34.5 Å². The van der Waals surface area contributed by atoms with Gasteiger partial charge < -0.3 is 10.1 Å². The second kappa shape index (κ2) is 8.40. The summed E-state index contributed by atoms with van der Waals surface area (Å²) in [7, 11) is 0. The standard InChI is InChI=1S/C25H33F6NO3/c1-4-14-6-8-17-16-7-5-15-13-23(32-19(33)24(26,27)28,35-20(34)25(29,30)31)12-11-22(15,3)18(16)9-10-21(14,17)2/h5,14,16-18H,4,6-13H2,1-3H3,(H,32,33)/t14-,16?,17?,18?,21+,22-,23-/m0/s1. The zero-order valence-electron chi connectivity index (χ0n) is 20.2. The number of hydrogen-bond donors (Lipinski definition) is 1. The summed E-state index contributed by atoms with van der Waals surface area (Å²) in [5.41, 5.74) is -1.87. The maximum atomic E-state index is 13.0. The number of rotatable bonds is 3. The summed E-state index contributed by atoms with van der Waals surface area (Å²) >= 11 is 0. The van der Waals surface area contributed by atoms with Crippen LogP contribution in [0, 0.1) is 34.5 Å². The van der Waals surface area contributed by atoms with E-state index in [4.69, 9.17) is 0 Å². The van der Waals surface area contributed by atoms with Gasteiger partial charge in [-0.25, -0.2) is 4.79 Å². The Morgan fingerprint density at radius 3 is 2.29 bits per heavy atom. The van der Waals surface area contributed by atoms with E-state index < -0.39 is 35.4 Å². The lowest BCUT2D eigenvalue weighted by Crippen LogP contribution is -2.61. The van der Waals surface area contributed by atoms with Crippen molar-refractivity contribution in [2.75, 3.05) is 0 Å². The van der Waals surface area contributed by atoms with Crippen LogP contribution in [0.3, 0.4) is 0 Å². The fourth-order valence-electron chi connectivity index (χ4n) is 8.15. The lowest BCUT2D eigenvalue weighted by atomic mass is 9.47. The van der Waals surface area contributed by atoms with Gasteiger partial charge in [-0.05, 0) is 73.0 Å². The molecule has 35 heavy (non-hydrogen) atoms. The van der Waals surface area contributed by atoms with Crippen LogP contribution in [0.1, 0.15) is 78.6 Å². The van der Waals surface area contributed by atoms with Gasteiger partial charge in [0.05, 0.1) is 0 Å². The molecule has 4 aliphatic carbocycles. The van der Waals surface area contributed by atoms with Crippen LogP contribution in [-0.2, 0) is 14.3 Å². The normalized spacial score (nSPS) is 41.2. The molecule has 0 radical (unpaired) electrons. The second-order valence-corrected chi connectivity index (χ2v) is 11.5. The van der Waals surface area contributed by atoms with Crippen LogP contribution < -0.4 is 5.32 Å². The molecule has 1 amide bonds. The first-order valence-corrected chi connectivity index (χ1v) is 12.4. The van der Waals surface area contributed by atoms with Crippen LogP contribution in [0.2, 0.25) is 0 Å². The molecular weight excluding hydrogens is 476 g/mol. The minimum absolute atomic E-state index is 0.226. The number of alkyl halides is 6. The molecule has 1 N–H and O–H groups in total. The lowest BCUT2D eigenvalue weighted by molar-refractivity contribution is -0.224. The Hall–Kier alpha value is -1.74. The van der Waals surface area contributed by atoms with Gasteiger partial charge >= 0.3 is 24.2 Å². The van der Waals surface area contributed by atoms with Gasteiger partial charge in [0.1, 0.15) is 0 Å². The van der Waals surface area contributed by atoms with Crippen LogP contribution in [0.25, 0.3) is 0 Å². The molecule has 0 heterocycles. The zero-order chi connectivity index (χ0) is 26.0. The number of carbonyl (C=O) groups is 2. The fraction of sp³-hybridized carbons (Fsp3) is 0.840. The smallest absolute Gasteiger partial charge is 0.432 e. The molecule has 198 valence electrons. The molecule has 0 aromatic carbocycles. The van der Waals surface area contributed by atoms with E-state index >= 15 is 0 Å². The maximum Gasteiger partial charge on any atom is 0.491 e. The number of nitrogens with one attached hydrogen (secondary N) is 1. The van der Waals surface area contributed by atoms with Crippen molar-refractivity contribution in [3.8, 4) is 0 Å². The van der Waals surface area contributed by atoms with Gasteiger partial charge in [0, 0.05) is 12.8 Å². The van der Waals surface area contributed by atoms with Crippen molar-refractivity contribution >= 4 is 11.9 Å². The average Bonchev–Trinajstić information content (AvgIpc) is 3.09. The predicted molar refractivity (Wildman–Crippen MR) is 115 cm³/mol. The SMILES string of the molecule is CC[C@H]1CCC2C3CC=C4C[C@@](NC(=O)C(F)(F)F)(OC(=O)C(F)(F)F)CC[C@]4(C)C3CC[C@@]21C. The molecule has 0 aliphatic heterocycles. The highest BCUT2D eigenvalue weighted by atomic mass is 19.4. The predicted octanol–water partition coefficient (Wildman–Crippen LogP) is 6.46. The van der Waals surface area contributed by atoms with Crippen LogP contribution in [-0.4, -0.2) is 30.0 Å². The minimum Gasteiger partial charge on any atom is -0.432 e. The minimum atomic E-state index is -5.39. The number of fused-ring (bicyclic) bond motifs is 5. The van der Waals surface area contributed by atoms with Gasteiger partial charge in [0.2, 0.25) is 0 Å². The Bertz CT molecular complexity index is 884. The average molecular weight is 510 g/mol. The third-order valence-electron chi connectivity index (χ3n) is 9.96. The summed E-state index contributed by atoms with van der Waals surface area (Å²) in [6.07, 6.45) is -3.08. The summed E-state index contributed by atoms with van der Waals surface area (Å²) in [6, 6.07) is 0. The molecule has 4 rings (SSSR count). The summed E-state index contributed by atoms with van der Waals surface area (Å²) < 4.78 is 82.6. The molecule has 0 bridgehead atoms. The Balaban J connectivity index is 1.63. The van der Waals surface area contributed by atoms with E-state index in [1.165, 1.54) is 6.42 Å². The molecule has 10 heteroatoms. The molecule has 4 aliphatic rings. The Labute approximate surface area is 201 Å². The highest BCUT2D eigenvalue weighted by molar-refractivity contribution is 5.83. The maximum absolute atomic E-state index is 13.0. The van der Waals surface area contributed by atoms with Crippen LogP contribution in [0.4, 0.5) is 26.3 Å². The monoisotopic (exact) mass is 509 g/mol. The molecule has 3 fully saturated rings. The van der Waals surface area contributed by atoms with E-state index in [1.807, 2.05) is 13.0 Å². The molecular formula is C25H33F6NO3. The molecule has 0 spiro atoms. The van der Waals surface area contributed by atoms with Crippen LogP contribution in [0.15, 0.2) is 11.6 Å². The van der Waals surface area contributed by atoms with Crippen molar-refractivity contribution in [1.82, 2.24) is 5.32 Å². The summed E-state index contributed by atoms with van der Waals surface area (Å²) in [5.74, 6) is -3.15. The number of ether oxygens (including phenoxy) is 1. The van der Waals surface area contributed by atoms with Gasteiger partial charge in [0.15, 0.2) is 5.72 Å². The van der Waals surface area contributed by atoms with Crippen molar-refractivity contribution in [3.63, 3.8) is 0 Å². The number of halogens is 6. The molecule has 7 atom stereocenters. The van der Waals surface area contributed by atoms with E-state index in [9.17, 15) is 35.9 Å². The van der Waals surface area contributed by atoms with Crippen LogP contribution >= 0.6 is 0 Å². The Morgan fingerprint density at radius 2 is 1.69 bits per heavy atom. The first kappa shape index (κ1) is 26.3. The molecule has 3 unspecified atom stereocenters. The molecule has 0 saturated heterocycles. The van der Waals surface area contributed by atoms with Gasteiger partial charge in [-0.3, -0.25) is 4.79 Å². The lowest BCUT2D eigenvalue weighted by Gasteiger charge is -2.59. The van der Waals surface area contributed by atoms with Gasteiger partial charge in [0.25, 0.3) is 0 Å². The topological polar surface area (TPSA) is 55.4 Å². The first-order chi connectivity index (χ1) is 16.1. The molecule has 4 nitrogen and oxygen atoms in total. The second-order valence-electron chi connectivity index (χ2n) is 11.5.